The highest BCUT2D eigenvalue weighted by Crippen LogP contribution is 2.33. The summed E-state index contributed by atoms with van der Waals surface area (Å²) in [6.07, 6.45) is 5.05. The Labute approximate surface area is 146 Å². The van der Waals surface area contributed by atoms with Crippen LogP contribution in [0.15, 0.2) is 4.79 Å². The summed E-state index contributed by atoms with van der Waals surface area (Å²) in [5.74, 6) is 0.836. The van der Waals surface area contributed by atoms with Gasteiger partial charge in [-0.1, -0.05) is 13.8 Å². The SMILES string of the molecule is CCN(CC)Cc1nc2sc3c(c2c(=O)n1CCCO)CCCC3. The van der Waals surface area contributed by atoms with Gasteiger partial charge in [0.15, 0.2) is 0 Å². The van der Waals surface area contributed by atoms with Gasteiger partial charge in [-0.05, 0) is 50.8 Å². The molecule has 0 bridgehead atoms. The van der Waals surface area contributed by atoms with E-state index in [1.807, 2.05) is 0 Å². The van der Waals surface area contributed by atoms with Gasteiger partial charge in [0.1, 0.15) is 10.7 Å². The van der Waals surface area contributed by atoms with Crippen LogP contribution in [0.25, 0.3) is 10.2 Å². The Morgan fingerprint density at radius 2 is 2.00 bits per heavy atom. The number of rotatable bonds is 7. The van der Waals surface area contributed by atoms with Gasteiger partial charge in [0.2, 0.25) is 0 Å². The molecule has 0 radical (unpaired) electrons. The first-order valence-electron chi connectivity index (χ1n) is 9.06. The molecular formula is C18H27N3O2S. The Morgan fingerprint density at radius 1 is 1.25 bits per heavy atom. The first-order valence-corrected chi connectivity index (χ1v) is 9.88. The van der Waals surface area contributed by atoms with Crippen LogP contribution in [0.1, 0.15) is 49.4 Å². The zero-order valence-corrected chi connectivity index (χ0v) is 15.5. The number of fused-ring (bicyclic) bond motifs is 3. The maximum absolute atomic E-state index is 13.2. The van der Waals surface area contributed by atoms with Gasteiger partial charge in [-0.25, -0.2) is 4.98 Å². The second kappa shape index (κ2) is 7.76. The lowest BCUT2D eigenvalue weighted by Crippen LogP contribution is -2.31. The van der Waals surface area contributed by atoms with Crippen molar-refractivity contribution >= 4 is 21.6 Å². The van der Waals surface area contributed by atoms with Crippen LogP contribution < -0.4 is 5.56 Å². The van der Waals surface area contributed by atoms with Crippen molar-refractivity contribution in [2.24, 2.45) is 0 Å². The molecule has 0 amide bonds. The van der Waals surface area contributed by atoms with Gasteiger partial charge in [0.25, 0.3) is 5.56 Å². The third kappa shape index (κ3) is 3.27. The average Bonchev–Trinajstić information content (AvgIpc) is 2.97. The van der Waals surface area contributed by atoms with Crippen LogP contribution >= 0.6 is 11.3 Å². The average molecular weight is 350 g/mol. The van der Waals surface area contributed by atoms with Gasteiger partial charge in [0, 0.05) is 18.0 Å². The minimum Gasteiger partial charge on any atom is -0.396 e. The number of thiophene rings is 1. The van der Waals surface area contributed by atoms with Crippen LogP contribution in [0.2, 0.25) is 0 Å². The number of aliphatic hydroxyl groups is 1. The zero-order chi connectivity index (χ0) is 17.1. The molecule has 0 saturated heterocycles. The standard InChI is InChI=1S/C18H27N3O2S/c1-3-20(4-2)12-15-19-17-16(18(23)21(15)10-7-11-22)13-8-5-6-9-14(13)24-17/h22H,3-12H2,1-2H3. The molecule has 2 aromatic heterocycles. The quantitative estimate of drug-likeness (QED) is 0.835. The maximum atomic E-state index is 13.2. The van der Waals surface area contributed by atoms with E-state index in [9.17, 15) is 9.90 Å². The molecule has 0 atom stereocenters. The molecule has 1 aliphatic rings. The van der Waals surface area contributed by atoms with Crippen molar-refractivity contribution in [1.29, 1.82) is 0 Å². The van der Waals surface area contributed by atoms with E-state index < -0.39 is 0 Å². The van der Waals surface area contributed by atoms with Crippen LogP contribution in [-0.2, 0) is 25.9 Å². The van der Waals surface area contributed by atoms with Crippen molar-refractivity contribution in [3.63, 3.8) is 0 Å². The maximum Gasteiger partial charge on any atom is 0.262 e. The minimum absolute atomic E-state index is 0.0926. The first kappa shape index (κ1) is 17.6. The summed E-state index contributed by atoms with van der Waals surface area (Å²) < 4.78 is 1.80. The normalized spacial score (nSPS) is 14.5. The monoisotopic (exact) mass is 349 g/mol. The molecule has 0 aromatic carbocycles. The number of hydrogen-bond donors (Lipinski definition) is 1. The Bertz CT molecular complexity index is 762. The summed E-state index contributed by atoms with van der Waals surface area (Å²) in [4.78, 5) is 22.6. The molecule has 2 heterocycles. The summed E-state index contributed by atoms with van der Waals surface area (Å²) in [6, 6.07) is 0. The van der Waals surface area contributed by atoms with Crippen LogP contribution in [0.3, 0.4) is 0 Å². The molecule has 24 heavy (non-hydrogen) atoms. The fraction of sp³-hybridized carbons (Fsp3) is 0.667. The van der Waals surface area contributed by atoms with E-state index in [0.717, 1.165) is 48.4 Å². The highest BCUT2D eigenvalue weighted by Gasteiger charge is 2.22. The van der Waals surface area contributed by atoms with E-state index in [0.29, 0.717) is 19.5 Å². The molecule has 132 valence electrons. The number of aryl methyl sites for hydroxylation is 2. The summed E-state index contributed by atoms with van der Waals surface area (Å²) in [7, 11) is 0. The van der Waals surface area contributed by atoms with Crippen LogP contribution in [0.5, 0.6) is 0 Å². The van der Waals surface area contributed by atoms with Gasteiger partial charge >= 0.3 is 0 Å². The van der Waals surface area contributed by atoms with E-state index in [-0.39, 0.29) is 12.2 Å². The molecule has 0 unspecified atom stereocenters. The van der Waals surface area contributed by atoms with E-state index >= 15 is 0 Å². The molecular weight excluding hydrogens is 322 g/mol. The van der Waals surface area contributed by atoms with Crippen LogP contribution in [-0.4, -0.2) is 39.3 Å². The topological polar surface area (TPSA) is 58.4 Å². The number of aromatic nitrogens is 2. The lowest BCUT2D eigenvalue weighted by atomic mass is 9.97. The summed E-state index contributed by atoms with van der Waals surface area (Å²) >= 11 is 1.71. The third-order valence-electron chi connectivity index (χ3n) is 4.95. The van der Waals surface area contributed by atoms with E-state index in [4.69, 9.17) is 4.98 Å². The van der Waals surface area contributed by atoms with Crippen LogP contribution in [0.4, 0.5) is 0 Å². The highest BCUT2D eigenvalue weighted by atomic mass is 32.1. The lowest BCUT2D eigenvalue weighted by molar-refractivity contribution is 0.265. The van der Waals surface area contributed by atoms with E-state index in [2.05, 4.69) is 18.7 Å². The Morgan fingerprint density at radius 3 is 2.71 bits per heavy atom. The van der Waals surface area contributed by atoms with Gasteiger partial charge < -0.3 is 5.11 Å². The van der Waals surface area contributed by atoms with Crippen molar-refractivity contribution in [1.82, 2.24) is 14.5 Å². The van der Waals surface area contributed by atoms with Crippen molar-refractivity contribution in [3.05, 3.63) is 26.6 Å². The van der Waals surface area contributed by atoms with Gasteiger partial charge in [-0.15, -0.1) is 11.3 Å². The molecule has 0 saturated carbocycles. The largest absolute Gasteiger partial charge is 0.396 e. The number of nitrogens with zero attached hydrogens (tertiary/aromatic N) is 3. The molecule has 5 nitrogen and oxygen atoms in total. The Balaban J connectivity index is 2.13. The van der Waals surface area contributed by atoms with E-state index in [1.54, 1.807) is 15.9 Å². The molecule has 2 aromatic rings. The Kier molecular flexibility index (Phi) is 5.69. The first-order chi connectivity index (χ1) is 11.7. The summed E-state index contributed by atoms with van der Waals surface area (Å²) in [5, 5.41) is 10.0. The van der Waals surface area contributed by atoms with Gasteiger partial charge in [0.05, 0.1) is 11.9 Å². The molecule has 6 heteroatoms. The minimum atomic E-state index is 0.0926. The van der Waals surface area contributed by atoms with Crippen molar-refractivity contribution in [3.8, 4) is 0 Å². The van der Waals surface area contributed by atoms with Gasteiger partial charge in [-0.3, -0.25) is 14.3 Å². The predicted molar refractivity (Wildman–Crippen MR) is 98.8 cm³/mol. The fourth-order valence-electron chi connectivity index (χ4n) is 3.51. The van der Waals surface area contributed by atoms with E-state index in [1.165, 1.54) is 16.9 Å². The lowest BCUT2D eigenvalue weighted by Gasteiger charge is -2.20. The summed E-state index contributed by atoms with van der Waals surface area (Å²) in [6.45, 7) is 7.45. The van der Waals surface area contributed by atoms with Gasteiger partial charge in [-0.2, -0.15) is 0 Å². The van der Waals surface area contributed by atoms with Crippen molar-refractivity contribution < 1.29 is 5.11 Å². The van der Waals surface area contributed by atoms with Crippen LogP contribution in [0, 0.1) is 0 Å². The second-order valence-corrected chi connectivity index (χ2v) is 7.50. The number of hydrogen-bond acceptors (Lipinski definition) is 5. The molecule has 1 N–H and O–H groups in total. The molecule has 0 spiro atoms. The second-order valence-electron chi connectivity index (χ2n) is 6.41. The fourth-order valence-corrected chi connectivity index (χ4v) is 4.78. The number of aliphatic hydroxyl groups excluding tert-OH is 1. The predicted octanol–water partition coefficient (Wildman–Crippen LogP) is 2.56. The Hall–Kier alpha value is -1.24. The zero-order valence-electron chi connectivity index (χ0n) is 14.7. The molecule has 0 aliphatic heterocycles. The smallest absolute Gasteiger partial charge is 0.262 e. The molecule has 0 fully saturated rings. The third-order valence-corrected chi connectivity index (χ3v) is 6.14. The van der Waals surface area contributed by atoms with Crippen molar-refractivity contribution in [2.75, 3.05) is 19.7 Å². The molecule has 3 rings (SSSR count). The summed E-state index contributed by atoms with van der Waals surface area (Å²) in [5.41, 5.74) is 1.33. The molecule has 1 aliphatic carbocycles. The van der Waals surface area contributed by atoms with Crippen molar-refractivity contribution in [2.45, 2.75) is 59.0 Å². The highest BCUT2D eigenvalue weighted by molar-refractivity contribution is 7.18.